The van der Waals surface area contributed by atoms with Gasteiger partial charge in [0.1, 0.15) is 17.3 Å². The molecule has 2 amide bonds. The Morgan fingerprint density at radius 2 is 1.66 bits per heavy atom. The molecule has 0 bridgehead atoms. The molecule has 0 aromatic heterocycles. The van der Waals surface area contributed by atoms with E-state index in [9.17, 15) is 14.0 Å². The van der Waals surface area contributed by atoms with Crippen molar-refractivity contribution in [2.24, 2.45) is 0 Å². The average molecular weight is 451 g/mol. The summed E-state index contributed by atoms with van der Waals surface area (Å²) in [7, 11) is 1.51. The largest absolute Gasteiger partial charge is 0.495 e. The number of carbonyl (C=O) groups is 2. The second-order valence-electron chi connectivity index (χ2n) is 7.41. The minimum atomic E-state index is -0.489. The molecule has 0 saturated carbocycles. The van der Waals surface area contributed by atoms with Gasteiger partial charge >= 0.3 is 0 Å². The summed E-state index contributed by atoms with van der Waals surface area (Å²) in [5, 5.41) is 3.52. The van der Waals surface area contributed by atoms with Gasteiger partial charge in [0.15, 0.2) is 0 Å². The van der Waals surface area contributed by atoms with Crippen LogP contribution in [-0.4, -0.2) is 23.8 Å². The zero-order chi connectivity index (χ0) is 22.8. The van der Waals surface area contributed by atoms with Gasteiger partial charge in [0, 0.05) is 5.02 Å². The lowest BCUT2D eigenvalue weighted by molar-refractivity contribution is -0.137. The first-order chi connectivity index (χ1) is 15.4. The topological polar surface area (TPSA) is 58.6 Å². The van der Waals surface area contributed by atoms with E-state index >= 15 is 0 Å². The highest BCUT2D eigenvalue weighted by molar-refractivity contribution is 6.36. The van der Waals surface area contributed by atoms with Gasteiger partial charge in [-0.3, -0.25) is 14.5 Å². The number of nitrogens with one attached hydrogen (secondary N) is 1. The second-order valence-corrected chi connectivity index (χ2v) is 7.84. The van der Waals surface area contributed by atoms with Crippen LogP contribution in [0, 0.1) is 12.7 Å². The fourth-order valence-corrected chi connectivity index (χ4v) is 3.68. The van der Waals surface area contributed by atoms with E-state index in [1.807, 2.05) is 19.1 Å². The lowest BCUT2D eigenvalue weighted by Gasteiger charge is -2.16. The fraction of sp³-hybridized carbons (Fsp3) is 0.120. The zero-order valence-corrected chi connectivity index (χ0v) is 18.2. The molecule has 162 valence electrons. The van der Waals surface area contributed by atoms with E-state index in [0.29, 0.717) is 27.6 Å². The zero-order valence-electron chi connectivity index (χ0n) is 17.5. The smallest absolute Gasteiger partial charge is 0.278 e. The lowest BCUT2D eigenvalue weighted by atomic mass is 10.0. The predicted molar refractivity (Wildman–Crippen MR) is 122 cm³/mol. The highest BCUT2D eigenvalue weighted by atomic mass is 35.5. The maximum atomic E-state index is 13.4. The molecule has 3 aromatic rings. The number of halogens is 2. The van der Waals surface area contributed by atoms with E-state index < -0.39 is 11.8 Å². The maximum Gasteiger partial charge on any atom is 0.278 e. The number of carbonyl (C=O) groups excluding carboxylic acids is 2. The Morgan fingerprint density at radius 1 is 0.969 bits per heavy atom. The van der Waals surface area contributed by atoms with Crippen LogP contribution in [0.1, 0.15) is 16.7 Å². The molecule has 0 fully saturated rings. The van der Waals surface area contributed by atoms with Crippen molar-refractivity contribution in [3.05, 3.63) is 100.0 Å². The van der Waals surface area contributed by atoms with Crippen LogP contribution in [0.15, 0.2) is 72.4 Å². The Morgan fingerprint density at radius 3 is 2.31 bits per heavy atom. The van der Waals surface area contributed by atoms with Crippen molar-refractivity contribution in [3.63, 3.8) is 0 Å². The van der Waals surface area contributed by atoms with Crippen LogP contribution in [0.3, 0.4) is 0 Å². The summed E-state index contributed by atoms with van der Waals surface area (Å²) in [5.74, 6) is -0.840. The molecule has 0 radical (unpaired) electrons. The van der Waals surface area contributed by atoms with E-state index in [0.717, 1.165) is 10.5 Å². The molecule has 0 spiro atoms. The number of aryl methyl sites for hydroxylation is 1. The first kappa shape index (κ1) is 21.6. The fourth-order valence-electron chi connectivity index (χ4n) is 3.51. The van der Waals surface area contributed by atoms with Gasteiger partial charge in [-0.25, -0.2) is 4.39 Å². The van der Waals surface area contributed by atoms with Gasteiger partial charge in [-0.05, 0) is 48.4 Å². The molecule has 1 N–H and O–H groups in total. The molecule has 1 heterocycles. The number of benzene rings is 3. The van der Waals surface area contributed by atoms with Crippen LogP contribution < -0.4 is 10.1 Å². The van der Waals surface area contributed by atoms with Gasteiger partial charge in [-0.2, -0.15) is 0 Å². The third-order valence-electron chi connectivity index (χ3n) is 5.18. The van der Waals surface area contributed by atoms with Crippen molar-refractivity contribution < 1.29 is 18.7 Å². The minimum Gasteiger partial charge on any atom is -0.495 e. The highest BCUT2D eigenvalue weighted by Crippen LogP contribution is 2.35. The third-order valence-corrected chi connectivity index (χ3v) is 5.42. The summed E-state index contributed by atoms with van der Waals surface area (Å²) in [6, 6.07) is 18.0. The molecule has 32 heavy (non-hydrogen) atoms. The summed E-state index contributed by atoms with van der Waals surface area (Å²) in [6.45, 7) is 1.96. The monoisotopic (exact) mass is 450 g/mol. The number of nitrogens with zero attached hydrogens (tertiary/aromatic N) is 1. The molecular formula is C25H20ClFN2O3. The first-order valence-corrected chi connectivity index (χ1v) is 10.3. The summed E-state index contributed by atoms with van der Waals surface area (Å²) >= 11 is 6.14. The average Bonchev–Trinajstić information content (AvgIpc) is 3.00. The van der Waals surface area contributed by atoms with Gasteiger partial charge in [-0.1, -0.05) is 53.6 Å². The van der Waals surface area contributed by atoms with E-state index in [1.165, 1.54) is 19.2 Å². The number of hydrogen-bond donors (Lipinski definition) is 1. The Kier molecular flexibility index (Phi) is 5.97. The standard InChI is InChI=1S/C25H20ClFN2O3/c1-15-3-7-17(8-4-15)22-23(28-20-13-18(26)9-12-21(20)32-2)25(31)29(24(22)30)14-16-5-10-19(27)11-6-16/h3-13,28H,14H2,1-2H3. The van der Waals surface area contributed by atoms with Crippen LogP contribution in [-0.2, 0) is 16.1 Å². The van der Waals surface area contributed by atoms with E-state index in [4.69, 9.17) is 16.3 Å². The Balaban J connectivity index is 1.77. The molecule has 5 nitrogen and oxygen atoms in total. The lowest BCUT2D eigenvalue weighted by Crippen LogP contribution is -2.32. The molecular weight excluding hydrogens is 431 g/mol. The third kappa shape index (κ3) is 4.22. The van der Waals surface area contributed by atoms with Crippen molar-refractivity contribution in [3.8, 4) is 5.75 Å². The maximum absolute atomic E-state index is 13.4. The molecule has 7 heteroatoms. The first-order valence-electron chi connectivity index (χ1n) is 9.90. The van der Waals surface area contributed by atoms with Gasteiger partial charge in [0.05, 0.1) is 24.9 Å². The van der Waals surface area contributed by atoms with E-state index in [-0.39, 0.29) is 23.6 Å². The summed E-state index contributed by atoms with van der Waals surface area (Å²) in [6.07, 6.45) is 0. The summed E-state index contributed by atoms with van der Waals surface area (Å²) < 4.78 is 18.7. The summed E-state index contributed by atoms with van der Waals surface area (Å²) in [4.78, 5) is 27.9. The molecule has 0 saturated heterocycles. The number of imide groups is 1. The van der Waals surface area contributed by atoms with Crippen LogP contribution >= 0.6 is 11.6 Å². The number of hydrogen-bond acceptors (Lipinski definition) is 4. The normalized spacial score (nSPS) is 13.7. The van der Waals surface area contributed by atoms with Gasteiger partial charge in [-0.15, -0.1) is 0 Å². The summed E-state index contributed by atoms with van der Waals surface area (Å²) in [5.41, 5.74) is 3.11. The van der Waals surface area contributed by atoms with Crippen LogP contribution in [0.2, 0.25) is 5.02 Å². The Labute approximate surface area is 190 Å². The number of rotatable bonds is 6. The van der Waals surface area contributed by atoms with Crippen molar-refractivity contribution in [1.29, 1.82) is 0 Å². The van der Waals surface area contributed by atoms with Gasteiger partial charge < -0.3 is 10.1 Å². The molecule has 0 aliphatic carbocycles. The van der Waals surface area contributed by atoms with Gasteiger partial charge in [0.25, 0.3) is 11.8 Å². The molecule has 1 aliphatic heterocycles. The molecule has 0 atom stereocenters. The molecule has 1 aliphatic rings. The van der Waals surface area contributed by atoms with Crippen molar-refractivity contribution in [2.45, 2.75) is 13.5 Å². The SMILES string of the molecule is COc1ccc(Cl)cc1NC1=C(c2ccc(C)cc2)C(=O)N(Cc2ccc(F)cc2)C1=O. The Bertz CT molecular complexity index is 1220. The molecule has 3 aromatic carbocycles. The minimum absolute atomic E-state index is 0.0190. The number of anilines is 1. The second kappa shape index (κ2) is 8.85. The van der Waals surface area contributed by atoms with E-state index in [2.05, 4.69) is 5.32 Å². The highest BCUT2D eigenvalue weighted by Gasteiger charge is 2.39. The van der Waals surface area contributed by atoms with Crippen LogP contribution in [0.5, 0.6) is 5.75 Å². The Hall–Kier alpha value is -3.64. The van der Waals surface area contributed by atoms with Crippen molar-refractivity contribution in [2.75, 3.05) is 12.4 Å². The molecule has 0 unspecified atom stereocenters. The number of methoxy groups -OCH3 is 1. The molecule has 4 rings (SSSR count). The number of ether oxygens (including phenoxy) is 1. The van der Waals surface area contributed by atoms with Crippen molar-refractivity contribution >= 4 is 34.7 Å². The van der Waals surface area contributed by atoms with E-state index in [1.54, 1.807) is 42.5 Å². The number of amides is 2. The van der Waals surface area contributed by atoms with Crippen LogP contribution in [0.4, 0.5) is 10.1 Å². The van der Waals surface area contributed by atoms with Crippen molar-refractivity contribution in [1.82, 2.24) is 4.90 Å². The van der Waals surface area contributed by atoms with Gasteiger partial charge in [0.2, 0.25) is 0 Å². The van der Waals surface area contributed by atoms with Crippen LogP contribution in [0.25, 0.3) is 5.57 Å². The predicted octanol–water partition coefficient (Wildman–Crippen LogP) is 5.19. The quantitative estimate of drug-likeness (QED) is 0.525.